The van der Waals surface area contributed by atoms with E-state index in [1.54, 1.807) is 0 Å². The van der Waals surface area contributed by atoms with Gasteiger partial charge in [0, 0.05) is 12.8 Å². The van der Waals surface area contributed by atoms with Crippen LogP contribution in [0.1, 0.15) is 284 Å². The number of aliphatic hydroxyl groups is 2. The van der Waals surface area contributed by atoms with Gasteiger partial charge in [0.25, 0.3) is 0 Å². The molecule has 0 bridgehead atoms. The lowest BCUT2D eigenvalue weighted by molar-refractivity contribution is -0.143. The minimum atomic E-state index is -0.681. The van der Waals surface area contributed by atoms with Crippen LogP contribution in [0, 0.1) is 0 Å². The summed E-state index contributed by atoms with van der Waals surface area (Å²) in [7, 11) is 0. The van der Waals surface area contributed by atoms with Crippen molar-refractivity contribution in [3.05, 3.63) is 24.3 Å². The molecule has 354 valence electrons. The van der Waals surface area contributed by atoms with Crippen molar-refractivity contribution < 1.29 is 24.5 Å². The summed E-state index contributed by atoms with van der Waals surface area (Å²) in [5.74, 6) is -0.0917. The predicted octanol–water partition coefficient (Wildman–Crippen LogP) is 15.9. The maximum Gasteiger partial charge on any atom is 0.305 e. The van der Waals surface area contributed by atoms with Gasteiger partial charge in [-0.3, -0.25) is 9.59 Å². The van der Waals surface area contributed by atoms with E-state index >= 15 is 0 Å². The highest BCUT2D eigenvalue weighted by Gasteiger charge is 2.20. The smallest absolute Gasteiger partial charge is 0.305 e. The molecule has 0 aliphatic heterocycles. The largest absolute Gasteiger partial charge is 0.466 e. The maximum absolute atomic E-state index is 12.5. The lowest BCUT2D eigenvalue weighted by atomic mass is 10.0. The monoisotopic (exact) mass is 846 g/mol. The topological polar surface area (TPSA) is 95.9 Å². The lowest BCUT2D eigenvalue weighted by Gasteiger charge is -2.22. The Kier molecular flexibility index (Phi) is 48.6. The van der Waals surface area contributed by atoms with Gasteiger partial charge in [-0.2, -0.15) is 0 Å². The second-order valence-electron chi connectivity index (χ2n) is 18.2. The molecule has 0 heterocycles. The third kappa shape index (κ3) is 45.9. The summed E-state index contributed by atoms with van der Waals surface area (Å²) in [6.45, 7) is 4.88. The predicted molar refractivity (Wildman–Crippen MR) is 260 cm³/mol. The summed E-state index contributed by atoms with van der Waals surface area (Å²) in [5.41, 5.74) is 0. The van der Waals surface area contributed by atoms with Gasteiger partial charge in [-0.25, -0.2) is 0 Å². The van der Waals surface area contributed by atoms with Crippen molar-refractivity contribution in [3.63, 3.8) is 0 Å². The zero-order chi connectivity index (χ0) is 43.7. The molecule has 0 aromatic heterocycles. The average molecular weight is 846 g/mol. The second kappa shape index (κ2) is 50.0. The van der Waals surface area contributed by atoms with E-state index in [9.17, 15) is 19.8 Å². The van der Waals surface area contributed by atoms with Crippen molar-refractivity contribution in [3.8, 4) is 0 Å². The number of rotatable bonds is 49. The quantitative estimate of drug-likeness (QED) is 0.0322. The van der Waals surface area contributed by atoms with Gasteiger partial charge in [0.1, 0.15) is 0 Å². The van der Waals surface area contributed by atoms with E-state index in [2.05, 4.69) is 43.5 Å². The normalized spacial score (nSPS) is 12.8. The first-order chi connectivity index (χ1) is 29.5. The molecule has 0 aliphatic carbocycles. The molecule has 0 fully saturated rings. The van der Waals surface area contributed by atoms with E-state index in [-0.39, 0.29) is 18.5 Å². The molecule has 0 radical (unpaired) electrons. The Labute approximate surface area is 373 Å². The molecule has 0 saturated heterocycles. The minimum Gasteiger partial charge on any atom is -0.466 e. The molecule has 3 N–H and O–H groups in total. The summed E-state index contributed by atoms with van der Waals surface area (Å²) in [6.07, 6.45) is 58.6. The van der Waals surface area contributed by atoms with Gasteiger partial charge in [0.15, 0.2) is 0 Å². The molecule has 0 rings (SSSR count). The molecular weight excluding hydrogens is 743 g/mol. The van der Waals surface area contributed by atoms with E-state index in [1.165, 1.54) is 173 Å². The Morgan fingerprint density at radius 2 is 0.783 bits per heavy atom. The fourth-order valence-electron chi connectivity index (χ4n) is 8.10. The number of ether oxygens (including phenoxy) is 1. The van der Waals surface area contributed by atoms with Crippen LogP contribution in [0.5, 0.6) is 0 Å². The first-order valence-corrected chi connectivity index (χ1v) is 26.6. The first kappa shape index (κ1) is 58.3. The molecule has 60 heavy (non-hydrogen) atoms. The number of amides is 1. The van der Waals surface area contributed by atoms with Crippen LogP contribution in [-0.4, -0.2) is 47.4 Å². The average Bonchev–Trinajstić information content (AvgIpc) is 3.25. The second-order valence-corrected chi connectivity index (χ2v) is 18.2. The summed E-state index contributed by atoms with van der Waals surface area (Å²) >= 11 is 0. The van der Waals surface area contributed by atoms with Crippen LogP contribution in [-0.2, 0) is 14.3 Å². The van der Waals surface area contributed by atoms with Crippen molar-refractivity contribution >= 4 is 11.9 Å². The van der Waals surface area contributed by atoms with Crippen LogP contribution in [0.4, 0.5) is 0 Å². The van der Waals surface area contributed by atoms with Gasteiger partial charge in [-0.1, -0.05) is 212 Å². The number of hydrogen-bond donors (Lipinski definition) is 3. The Morgan fingerprint density at radius 1 is 0.450 bits per heavy atom. The Bertz CT molecular complexity index is 935. The van der Waals surface area contributed by atoms with Crippen LogP contribution in [0.15, 0.2) is 24.3 Å². The summed E-state index contributed by atoms with van der Waals surface area (Å²) < 4.78 is 5.43. The lowest BCUT2D eigenvalue weighted by Crippen LogP contribution is -2.45. The SMILES string of the molecule is CCCCCC/C=C\CCCCCCCC(=O)OCCCCC/C=C\CCCCCCCC(=O)NC(CO)C(O)CCCCCCCCCCCCCCCCCCCC. The van der Waals surface area contributed by atoms with Gasteiger partial charge in [0.2, 0.25) is 5.91 Å². The van der Waals surface area contributed by atoms with Gasteiger partial charge < -0.3 is 20.3 Å². The summed E-state index contributed by atoms with van der Waals surface area (Å²) in [4.78, 5) is 24.5. The fourth-order valence-corrected chi connectivity index (χ4v) is 8.10. The van der Waals surface area contributed by atoms with Gasteiger partial charge >= 0.3 is 5.97 Å². The van der Waals surface area contributed by atoms with E-state index < -0.39 is 12.1 Å². The molecule has 6 nitrogen and oxygen atoms in total. The maximum atomic E-state index is 12.5. The highest BCUT2D eigenvalue weighted by Crippen LogP contribution is 2.16. The molecule has 2 unspecified atom stereocenters. The fraction of sp³-hybridized carbons (Fsp3) is 0.889. The van der Waals surface area contributed by atoms with E-state index in [0.717, 1.165) is 77.0 Å². The van der Waals surface area contributed by atoms with Gasteiger partial charge in [-0.15, -0.1) is 0 Å². The van der Waals surface area contributed by atoms with Crippen molar-refractivity contribution in [2.45, 2.75) is 296 Å². The van der Waals surface area contributed by atoms with Crippen molar-refractivity contribution in [2.75, 3.05) is 13.2 Å². The number of hydrogen-bond acceptors (Lipinski definition) is 5. The molecule has 2 atom stereocenters. The van der Waals surface area contributed by atoms with Crippen molar-refractivity contribution in [1.29, 1.82) is 0 Å². The van der Waals surface area contributed by atoms with Gasteiger partial charge in [0.05, 0.1) is 25.4 Å². The zero-order valence-electron chi connectivity index (χ0n) is 40.2. The summed E-state index contributed by atoms with van der Waals surface area (Å²) in [5, 5.41) is 23.3. The number of esters is 1. The Hall–Kier alpha value is -1.66. The highest BCUT2D eigenvalue weighted by atomic mass is 16.5. The molecule has 0 aromatic carbocycles. The van der Waals surface area contributed by atoms with Crippen molar-refractivity contribution in [2.24, 2.45) is 0 Å². The molecule has 0 aromatic rings. The zero-order valence-corrected chi connectivity index (χ0v) is 40.2. The van der Waals surface area contributed by atoms with E-state index in [4.69, 9.17) is 4.74 Å². The molecular formula is C54H103NO5. The number of unbranched alkanes of at least 4 members (excludes halogenated alkanes) is 34. The Morgan fingerprint density at radius 3 is 1.20 bits per heavy atom. The molecule has 0 spiro atoms. The molecule has 6 heteroatoms. The summed E-state index contributed by atoms with van der Waals surface area (Å²) in [6, 6.07) is -0.560. The van der Waals surface area contributed by atoms with E-state index in [1.807, 2.05) is 0 Å². The number of aliphatic hydroxyl groups excluding tert-OH is 2. The van der Waals surface area contributed by atoms with E-state index in [0.29, 0.717) is 25.9 Å². The third-order valence-corrected chi connectivity index (χ3v) is 12.2. The Balaban J connectivity index is 3.51. The number of allylic oxidation sites excluding steroid dienone is 4. The number of carbonyl (C=O) groups excluding carboxylic acids is 2. The standard InChI is InChI=1S/C54H103NO5/c1-3-5-7-9-11-13-15-17-18-19-20-21-23-26-30-34-38-42-46-52(57)51(50-56)55-53(58)47-43-39-35-31-27-24-25-29-33-37-41-45-49-60-54(59)48-44-40-36-32-28-22-16-14-12-10-8-6-4-2/h14,16,25,29,51-52,56-57H,3-13,15,17-24,26-28,30-50H2,1-2H3,(H,55,58)/b16-14-,29-25-. The van der Waals surface area contributed by atoms with Crippen LogP contribution in [0.2, 0.25) is 0 Å². The number of nitrogens with one attached hydrogen (secondary N) is 1. The van der Waals surface area contributed by atoms with Crippen LogP contribution >= 0.6 is 0 Å². The van der Waals surface area contributed by atoms with Crippen molar-refractivity contribution in [1.82, 2.24) is 5.32 Å². The molecule has 0 aliphatic rings. The van der Waals surface area contributed by atoms with Crippen LogP contribution in [0.3, 0.4) is 0 Å². The molecule has 1 amide bonds. The minimum absolute atomic E-state index is 0.0318. The van der Waals surface area contributed by atoms with Crippen LogP contribution in [0.25, 0.3) is 0 Å². The molecule has 0 saturated carbocycles. The highest BCUT2D eigenvalue weighted by molar-refractivity contribution is 5.76. The van der Waals surface area contributed by atoms with Gasteiger partial charge in [-0.05, 0) is 83.5 Å². The first-order valence-electron chi connectivity index (χ1n) is 26.6. The number of carbonyl (C=O) groups is 2. The van der Waals surface area contributed by atoms with Crippen LogP contribution < -0.4 is 5.32 Å². The third-order valence-electron chi connectivity index (χ3n) is 12.2.